The Morgan fingerprint density at radius 2 is 1.05 bits per heavy atom. The van der Waals surface area contributed by atoms with Crippen molar-refractivity contribution >= 4 is 5.97 Å². The molecule has 4 nitrogen and oxygen atoms in total. The predicted molar refractivity (Wildman–Crippen MR) is 161 cm³/mol. The molecule has 0 heterocycles. The van der Waals surface area contributed by atoms with Gasteiger partial charge in [-0.15, -0.1) is 0 Å². The van der Waals surface area contributed by atoms with E-state index in [2.05, 4.69) is 26.0 Å². The highest BCUT2D eigenvalue weighted by Gasteiger charge is 2.12. The third kappa shape index (κ3) is 29.5. The average molecular weight is 524 g/mol. The molecule has 1 atom stereocenters. The lowest BCUT2D eigenvalue weighted by molar-refractivity contribution is -0.151. The molecule has 0 radical (unpaired) electrons. The van der Waals surface area contributed by atoms with Gasteiger partial charge in [-0.1, -0.05) is 135 Å². The van der Waals surface area contributed by atoms with Crippen molar-refractivity contribution < 1.29 is 14.3 Å². The molecule has 4 heteroatoms. The monoisotopic (exact) mass is 523 g/mol. The van der Waals surface area contributed by atoms with Gasteiger partial charge in [-0.05, 0) is 38.5 Å². The minimum atomic E-state index is -0.307. The quantitative estimate of drug-likeness (QED) is 0.0578. The molecular weight excluding hydrogens is 458 g/mol. The van der Waals surface area contributed by atoms with Gasteiger partial charge in [0.05, 0.1) is 6.61 Å². The second kappa shape index (κ2) is 31.3. The predicted octanol–water partition coefficient (Wildman–Crippen LogP) is 9.83. The van der Waals surface area contributed by atoms with Crippen LogP contribution >= 0.6 is 0 Å². The Hall–Kier alpha value is -0.870. The smallest absolute Gasteiger partial charge is 0.306 e. The Kier molecular flexibility index (Phi) is 30.6. The van der Waals surface area contributed by atoms with Crippen molar-refractivity contribution in [1.29, 1.82) is 0 Å². The van der Waals surface area contributed by atoms with Crippen LogP contribution in [0, 0.1) is 0 Å². The molecule has 0 aromatic carbocycles. The minimum absolute atomic E-state index is 0.129. The van der Waals surface area contributed by atoms with Crippen LogP contribution < -0.4 is 5.73 Å². The normalized spacial score (nSPS) is 12.4. The molecule has 0 aromatic rings. The molecule has 0 fully saturated rings. The number of hydrogen-bond acceptors (Lipinski definition) is 4. The van der Waals surface area contributed by atoms with Crippen LogP contribution in [0.1, 0.15) is 168 Å². The zero-order chi connectivity index (χ0) is 27.1. The van der Waals surface area contributed by atoms with Crippen LogP contribution in [0.25, 0.3) is 0 Å². The number of ether oxygens (including phenoxy) is 2. The second-order valence-electron chi connectivity index (χ2n) is 10.9. The summed E-state index contributed by atoms with van der Waals surface area (Å²) in [5.41, 5.74) is 5.78. The van der Waals surface area contributed by atoms with E-state index in [1.54, 1.807) is 0 Å². The van der Waals surface area contributed by atoms with Gasteiger partial charge >= 0.3 is 5.97 Å². The van der Waals surface area contributed by atoms with Crippen molar-refractivity contribution in [3.8, 4) is 0 Å². The summed E-state index contributed by atoms with van der Waals surface area (Å²) in [4.78, 5) is 12.1. The highest BCUT2D eigenvalue weighted by Crippen LogP contribution is 2.12. The van der Waals surface area contributed by atoms with Crippen molar-refractivity contribution in [2.45, 2.75) is 174 Å². The van der Waals surface area contributed by atoms with E-state index < -0.39 is 0 Å². The maximum absolute atomic E-state index is 12.1. The summed E-state index contributed by atoms with van der Waals surface area (Å²) in [5, 5.41) is 0. The van der Waals surface area contributed by atoms with Gasteiger partial charge in [-0.25, -0.2) is 0 Å². The zero-order valence-electron chi connectivity index (χ0n) is 25.1. The van der Waals surface area contributed by atoms with E-state index >= 15 is 0 Å². The number of esters is 1. The highest BCUT2D eigenvalue weighted by atomic mass is 16.6. The molecule has 0 saturated heterocycles. The number of rotatable bonds is 30. The number of nitrogens with two attached hydrogens (primary N) is 1. The van der Waals surface area contributed by atoms with Crippen molar-refractivity contribution in [3.05, 3.63) is 12.2 Å². The Labute approximate surface area is 231 Å². The first-order chi connectivity index (χ1) is 18.2. The third-order valence-electron chi connectivity index (χ3n) is 7.15. The van der Waals surface area contributed by atoms with Gasteiger partial charge in [0, 0.05) is 19.6 Å². The Bertz CT molecular complexity index is 480. The molecule has 0 spiro atoms. The molecule has 2 N–H and O–H groups in total. The van der Waals surface area contributed by atoms with Crippen molar-refractivity contribution in [3.63, 3.8) is 0 Å². The largest absolute Gasteiger partial charge is 0.459 e. The van der Waals surface area contributed by atoms with E-state index in [1.165, 1.54) is 128 Å². The fourth-order valence-electron chi connectivity index (χ4n) is 4.64. The minimum Gasteiger partial charge on any atom is -0.459 e. The molecule has 37 heavy (non-hydrogen) atoms. The van der Waals surface area contributed by atoms with Crippen molar-refractivity contribution in [1.82, 2.24) is 0 Å². The van der Waals surface area contributed by atoms with Gasteiger partial charge < -0.3 is 15.2 Å². The Morgan fingerprint density at radius 1 is 0.622 bits per heavy atom. The summed E-state index contributed by atoms with van der Waals surface area (Å²) in [6.45, 7) is 6.02. The van der Waals surface area contributed by atoms with Crippen LogP contribution in [0.5, 0.6) is 0 Å². The molecule has 220 valence electrons. The molecule has 1 unspecified atom stereocenters. The van der Waals surface area contributed by atoms with E-state index in [0.29, 0.717) is 19.6 Å². The maximum atomic E-state index is 12.1. The first-order valence-corrected chi connectivity index (χ1v) is 16.4. The second-order valence-corrected chi connectivity index (χ2v) is 10.9. The van der Waals surface area contributed by atoms with Crippen LogP contribution in [0.4, 0.5) is 0 Å². The maximum Gasteiger partial charge on any atom is 0.306 e. The van der Waals surface area contributed by atoms with E-state index in [9.17, 15) is 4.79 Å². The molecule has 0 aliphatic heterocycles. The lowest BCUT2D eigenvalue weighted by Gasteiger charge is -2.16. The van der Waals surface area contributed by atoms with E-state index in [-0.39, 0.29) is 12.1 Å². The van der Waals surface area contributed by atoms with E-state index in [1.807, 2.05) is 0 Å². The van der Waals surface area contributed by atoms with Crippen LogP contribution in [0.3, 0.4) is 0 Å². The van der Waals surface area contributed by atoms with Crippen molar-refractivity contribution in [2.75, 3.05) is 19.8 Å². The summed E-state index contributed by atoms with van der Waals surface area (Å²) < 4.78 is 11.2. The zero-order valence-corrected chi connectivity index (χ0v) is 25.1. The fraction of sp³-hybridized carbons (Fsp3) is 0.909. The average Bonchev–Trinajstić information content (AvgIpc) is 2.90. The highest BCUT2D eigenvalue weighted by molar-refractivity contribution is 5.69. The van der Waals surface area contributed by atoms with Crippen LogP contribution in [-0.4, -0.2) is 31.8 Å². The lowest BCUT2D eigenvalue weighted by atomic mass is 10.1. The summed E-state index contributed by atoms with van der Waals surface area (Å²) in [7, 11) is 0. The lowest BCUT2D eigenvalue weighted by Crippen LogP contribution is -2.31. The molecule has 0 aromatic heterocycles. The van der Waals surface area contributed by atoms with Gasteiger partial charge in [0.15, 0.2) is 0 Å². The number of unbranched alkanes of at least 4 members (excludes halogenated alkanes) is 20. The van der Waals surface area contributed by atoms with Gasteiger partial charge in [0.2, 0.25) is 0 Å². The third-order valence-corrected chi connectivity index (χ3v) is 7.15. The van der Waals surface area contributed by atoms with E-state index in [4.69, 9.17) is 15.2 Å². The summed E-state index contributed by atoms with van der Waals surface area (Å²) in [6, 6.07) is 0. The first-order valence-electron chi connectivity index (χ1n) is 16.4. The standard InChI is InChI=1S/C33H65NO3/c1-3-5-7-9-11-13-15-16-17-18-19-20-22-24-26-28-33(35)37-32(30-34)31-36-29-27-25-23-21-14-12-10-8-6-4-2/h16-17,32H,3-15,18-31,34H2,1-2H3. The summed E-state index contributed by atoms with van der Waals surface area (Å²) in [6.07, 6.45) is 34.5. The SMILES string of the molecule is CCCCCCCCC=CCCCCCCCC(=O)OC(CN)COCCCCCCCCCCCC. The number of carbonyl (C=O) groups is 1. The molecule has 0 aliphatic carbocycles. The molecule has 0 aliphatic rings. The topological polar surface area (TPSA) is 61.5 Å². The number of hydrogen-bond donors (Lipinski definition) is 1. The van der Waals surface area contributed by atoms with E-state index in [0.717, 1.165) is 25.9 Å². The first kappa shape index (κ1) is 36.1. The molecule has 0 rings (SSSR count). The Morgan fingerprint density at radius 3 is 1.54 bits per heavy atom. The van der Waals surface area contributed by atoms with Gasteiger partial charge in [0.25, 0.3) is 0 Å². The van der Waals surface area contributed by atoms with Crippen LogP contribution in [0.15, 0.2) is 12.2 Å². The summed E-state index contributed by atoms with van der Waals surface area (Å²) >= 11 is 0. The number of carbonyl (C=O) groups excluding carboxylic acids is 1. The van der Waals surface area contributed by atoms with Crippen LogP contribution in [-0.2, 0) is 14.3 Å². The fourth-order valence-corrected chi connectivity index (χ4v) is 4.64. The molecule has 0 amide bonds. The van der Waals surface area contributed by atoms with Gasteiger partial charge in [-0.3, -0.25) is 4.79 Å². The van der Waals surface area contributed by atoms with Crippen LogP contribution in [0.2, 0.25) is 0 Å². The Balaban J connectivity index is 3.45. The molecular formula is C33H65NO3. The molecule has 0 saturated carbocycles. The van der Waals surface area contributed by atoms with Gasteiger partial charge in [-0.2, -0.15) is 0 Å². The number of allylic oxidation sites excluding steroid dienone is 2. The summed E-state index contributed by atoms with van der Waals surface area (Å²) in [5.74, 6) is -0.129. The molecule has 0 bridgehead atoms. The van der Waals surface area contributed by atoms with Gasteiger partial charge in [0.1, 0.15) is 6.10 Å². The van der Waals surface area contributed by atoms with Crippen molar-refractivity contribution in [2.24, 2.45) is 5.73 Å².